The molecular formula is C10H16O3. The minimum absolute atomic E-state index is 0.281. The number of aldehydes is 1. The predicted octanol–water partition coefficient (Wildman–Crippen LogP) is 1.35. The normalized spacial score (nSPS) is 22.6. The van der Waals surface area contributed by atoms with E-state index in [4.69, 9.17) is 4.74 Å². The molecule has 1 unspecified atom stereocenters. The van der Waals surface area contributed by atoms with Crippen LogP contribution in [-0.2, 0) is 14.3 Å². The van der Waals surface area contributed by atoms with E-state index in [9.17, 15) is 9.59 Å². The number of hydrogen-bond acceptors (Lipinski definition) is 3. The average Bonchev–Trinajstić information content (AvgIpc) is 2.19. The van der Waals surface area contributed by atoms with Crippen molar-refractivity contribution in [2.45, 2.75) is 32.1 Å². The number of rotatable bonds is 5. The maximum atomic E-state index is 10.7. The van der Waals surface area contributed by atoms with Crippen molar-refractivity contribution in [2.24, 2.45) is 5.92 Å². The molecule has 1 fully saturated rings. The Labute approximate surface area is 78.5 Å². The fourth-order valence-corrected chi connectivity index (χ4v) is 1.66. The predicted molar refractivity (Wildman–Crippen MR) is 48.5 cm³/mol. The van der Waals surface area contributed by atoms with E-state index in [0.717, 1.165) is 32.5 Å². The molecule has 0 aromatic carbocycles. The Bertz CT molecular complexity index is 171. The van der Waals surface area contributed by atoms with Crippen molar-refractivity contribution >= 4 is 12.1 Å². The highest BCUT2D eigenvalue weighted by Crippen LogP contribution is 2.19. The maximum absolute atomic E-state index is 10.7. The Morgan fingerprint density at radius 1 is 1.54 bits per heavy atom. The molecule has 74 valence electrons. The number of ketones is 1. The summed E-state index contributed by atoms with van der Waals surface area (Å²) in [7, 11) is 0. The standard InChI is InChI=1S/C10H16O3/c11-7-10(12)5-1-3-9-4-2-6-13-8-9/h7,9H,1-6,8H2. The SMILES string of the molecule is O=CC(=O)CCCC1CCCOC1. The summed E-state index contributed by atoms with van der Waals surface area (Å²) in [5.74, 6) is 0.324. The summed E-state index contributed by atoms with van der Waals surface area (Å²) >= 11 is 0. The van der Waals surface area contributed by atoms with Crippen LogP contribution in [-0.4, -0.2) is 25.3 Å². The van der Waals surface area contributed by atoms with Gasteiger partial charge in [0.05, 0.1) is 0 Å². The lowest BCUT2D eigenvalue weighted by atomic mass is 9.95. The monoisotopic (exact) mass is 184 g/mol. The lowest BCUT2D eigenvalue weighted by molar-refractivity contribution is -0.130. The third-order valence-corrected chi connectivity index (χ3v) is 2.42. The van der Waals surface area contributed by atoms with Gasteiger partial charge in [0, 0.05) is 19.6 Å². The quantitative estimate of drug-likeness (QED) is 0.478. The first-order valence-corrected chi connectivity index (χ1v) is 4.88. The van der Waals surface area contributed by atoms with Crippen LogP contribution in [0.3, 0.4) is 0 Å². The van der Waals surface area contributed by atoms with Gasteiger partial charge in [0.15, 0.2) is 12.1 Å². The summed E-state index contributed by atoms with van der Waals surface area (Å²) in [5.41, 5.74) is 0. The number of ether oxygens (including phenoxy) is 1. The van der Waals surface area contributed by atoms with Gasteiger partial charge < -0.3 is 4.74 Å². The first-order valence-electron chi connectivity index (χ1n) is 4.88. The zero-order valence-electron chi connectivity index (χ0n) is 7.83. The minimum Gasteiger partial charge on any atom is -0.381 e. The van der Waals surface area contributed by atoms with Crippen molar-refractivity contribution in [1.82, 2.24) is 0 Å². The van der Waals surface area contributed by atoms with Crippen molar-refractivity contribution in [3.05, 3.63) is 0 Å². The second-order valence-electron chi connectivity index (χ2n) is 3.56. The van der Waals surface area contributed by atoms with Crippen LogP contribution in [0.4, 0.5) is 0 Å². The van der Waals surface area contributed by atoms with Crippen LogP contribution in [0.5, 0.6) is 0 Å². The van der Waals surface area contributed by atoms with Gasteiger partial charge in [-0.05, 0) is 31.6 Å². The summed E-state index contributed by atoms with van der Waals surface area (Å²) in [6.07, 6.45) is 4.99. The molecule has 3 nitrogen and oxygen atoms in total. The summed E-state index contributed by atoms with van der Waals surface area (Å²) in [6.45, 7) is 1.71. The number of carbonyl (C=O) groups is 2. The van der Waals surface area contributed by atoms with Crippen LogP contribution in [0.1, 0.15) is 32.1 Å². The molecule has 0 bridgehead atoms. The van der Waals surface area contributed by atoms with E-state index in [1.54, 1.807) is 0 Å². The van der Waals surface area contributed by atoms with Crippen molar-refractivity contribution in [3.8, 4) is 0 Å². The molecule has 0 spiro atoms. The number of Topliss-reactive ketones (excluding diaryl/α,β-unsaturated/α-hetero) is 1. The third-order valence-electron chi connectivity index (χ3n) is 2.42. The summed E-state index contributed by atoms with van der Waals surface area (Å²) in [4.78, 5) is 20.7. The fraction of sp³-hybridized carbons (Fsp3) is 0.800. The van der Waals surface area contributed by atoms with Crippen molar-refractivity contribution < 1.29 is 14.3 Å². The highest BCUT2D eigenvalue weighted by molar-refractivity contribution is 6.24. The molecule has 13 heavy (non-hydrogen) atoms. The number of hydrogen-bond donors (Lipinski definition) is 0. The minimum atomic E-state index is -0.281. The van der Waals surface area contributed by atoms with Gasteiger partial charge >= 0.3 is 0 Å². The van der Waals surface area contributed by atoms with Crippen LogP contribution < -0.4 is 0 Å². The lowest BCUT2D eigenvalue weighted by Gasteiger charge is -2.21. The molecular weight excluding hydrogens is 168 g/mol. The topological polar surface area (TPSA) is 43.4 Å². The molecule has 1 heterocycles. The Kier molecular flexibility index (Phi) is 4.68. The van der Waals surface area contributed by atoms with Crippen LogP contribution in [0.25, 0.3) is 0 Å². The van der Waals surface area contributed by atoms with E-state index in [-0.39, 0.29) is 5.78 Å². The van der Waals surface area contributed by atoms with Gasteiger partial charge in [-0.3, -0.25) is 9.59 Å². The van der Waals surface area contributed by atoms with Gasteiger partial charge in [-0.2, -0.15) is 0 Å². The molecule has 0 amide bonds. The van der Waals surface area contributed by atoms with Gasteiger partial charge in [-0.25, -0.2) is 0 Å². The van der Waals surface area contributed by atoms with Crippen molar-refractivity contribution in [2.75, 3.05) is 13.2 Å². The van der Waals surface area contributed by atoms with E-state index in [1.807, 2.05) is 0 Å². The molecule has 0 saturated carbocycles. The fourth-order valence-electron chi connectivity index (χ4n) is 1.66. The second kappa shape index (κ2) is 5.86. The Morgan fingerprint density at radius 3 is 3.00 bits per heavy atom. The van der Waals surface area contributed by atoms with Crippen LogP contribution in [0.2, 0.25) is 0 Å². The molecule has 3 heteroatoms. The molecule has 0 radical (unpaired) electrons. The summed E-state index contributed by atoms with van der Waals surface area (Å²) in [6, 6.07) is 0. The van der Waals surface area contributed by atoms with Gasteiger partial charge in [-0.15, -0.1) is 0 Å². The van der Waals surface area contributed by atoms with Gasteiger partial charge in [-0.1, -0.05) is 0 Å². The molecule has 1 saturated heterocycles. The van der Waals surface area contributed by atoms with E-state index in [1.165, 1.54) is 6.42 Å². The van der Waals surface area contributed by atoms with E-state index < -0.39 is 0 Å². The Morgan fingerprint density at radius 2 is 2.38 bits per heavy atom. The summed E-state index contributed by atoms with van der Waals surface area (Å²) < 4.78 is 5.31. The molecule has 0 aromatic heterocycles. The van der Waals surface area contributed by atoms with Crippen LogP contribution in [0, 0.1) is 5.92 Å². The zero-order chi connectivity index (χ0) is 9.52. The Hall–Kier alpha value is -0.700. The number of carbonyl (C=O) groups excluding carboxylic acids is 2. The van der Waals surface area contributed by atoms with Crippen molar-refractivity contribution in [1.29, 1.82) is 0 Å². The smallest absolute Gasteiger partial charge is 0.195 e. The van der Waals surface area contributed by atoms with Crippen LogP contribution in [0.15, 0.2) is 0 Å². The molecule has 0 aliphatic carbocycles. The van der Waals surface area contributed by atoms with Crippen molar-refractivity contribution in [3.63, 3.8) is 0 Å². The average molecular weight is 184 g/mol. The highest BCUT2D eigenvalue weighted by Gasteiger charge is 2.13. The van der Waals surface area contributed by atoms with Gasteiger partial charge in [0.2, 0.25) is 0 Å². The van der Waals surface area contributed by atoms with Gasteiger partial charge in [0.25, 0.3) is 0 Å². The molecule has 1 aliphatic rings. The first kappa shape index (κ1) is 10.4. The Balaban J connectivity index is 2.04. The zero-order valence-corrected chi connectivity index (χ0v) is 7.83. The largest absolute Gasteiger partial charge is 0.381 e. The maximum Gasteiger partial charge on any atom is 0.195 e. The van der Waals surface area contributed by atoms with E-state index in [2.05, 4.69) is 0 Å². The molecule has 1 aliphatic heterocycles. The van der Waals surface area contributed by atoms with Crippen LogP contribution >= 0.6 is 0 Å². The summed E-state index contributed by atoms with van der Waals surface area (Å²) in [5, 5.41) is 0. The molecule has 1 atom stereocenters. The molecule has 0 N–H and O–H groups in total. The molecule has 0 aromatic rings. The third kappa shape index (κ3) is 4.18. The van der Waals surface area contributed by atoms with E-state index in [0.29, 0.717) is 18.6 Å². The molecule has 1 rings (SSSR count). The first-order chi connectivity index (χ1) is 6.33. The lowest BCUT2D eigenvalue weighted by Crippen LogP contribution is -2.17. The highest BCUT2D eigenvalue weighted by atomic mass is 16.5. The van der Waals surface area contributed by atoms with E-state index >= 15 is 0 Å². The second-order valence-corrected chi connectivity index (χ2v) is 3.56. The van der Waals surface area contributed by atoms with Gasteiger partial charge in [0.1, 0.15) is 0 Å².